The van der Waals surface area contributed by atoms with E-state index >= 15 is 0 Å². The third-order valence-corrected chi connectivity index (χ3v) is 2.48. The van der Waals surface area contributed by atoms with Crippen LogP contribution in [0.3, 0.4) is 0 Å². The van der Waals surface area contributed by atoms with Crippen molar-refractivity contribution in [1.29, 1.82) is 0 Å². The highest BCUT2D eigenvalue weighted by Crippen LogP contribution is 2.27. The molecule has 2 rings (SSSR count). The monoisotopic (exact) mass is 285 g/mol. The van der Waals surface area contributed by atoms with E-state index in [0.29, 0.717) is 0 Å². The summed E-state index contributed by atoms with van der Waals surface area (Å²) in [6.07, 6.45) is -4.43. The van der Waals surface area contributed by atoms with Gasteiger partial charge in [0, 0.05) is 0 Å². The van der Waals surface area contributed by atoms with E-state index in [1.807, 2.05) is 0 Å². The van der Waals surface area contributed by atoms with Gasteiger partial charge in [0.25, 0.3) is 11.8 Å². The summed E-state index contributed by atoms with van der Waals surface area (Å²) in [5.74, 6) is -4.10. The molecule has 0 saturated heterocycles. The molecule has 0 aromatic heterocycles. The third-order valence-electron chi connectivity index (χ3n) is 2.48. The van der Waals surface area contributed by atoms with Gasteiger partial charge in [-0.25, -0.2) is 4.79 Å². The molecule has 0 fully saturated rings. The first kappa shape index (κ1) is 14.1. The number of esters is 1. The van der Waals surface area contributed by atoms with Gasteiger partial charge in [-0.15, -0.1) is 5.06 Å². The zero-order valence-electron chi connectivity index (χ0n) is 10.3. The van der Waals surface area contributed by atoms with Crippen molar-refractivity contribution >= 4 is 17.8 Å². The van der Waals surface area contributed by atoms with Gasteiger partial charge in [0.1, 0.15) is 0 Å². The molecule has 0 spiro atoms. The highest BCUT2D eigenvalue weighted by molar-refractivity contribution is 6.20. The molecular weight excluding hydrogens is 276 g/mol. The summed E-state index contributed by atoms with van der Waals surface area (Å²) in [7, 11) is 0. The number of nitrogens with zero attached hydrogens (tertiary/aromatic N) is 1. The van der Waals surface area contributed by atoms with Crippen LogP contribution in [0.15, 0.2) is 24.3 Å². The Morgan fingerprint density at radius 1 is 1.20 bits per heavy atom. The topological polar surface area (TPSA) is 72.9 Å². The first-order valence-corrected chi connectivity index (χ1v) is 5.60. The molecule has 1 aliphatic heterocycles. The van der Waals surface area contributed by atoms with E-state index in [0.717, 1.165) is 0 Å². The molecule has 1 aliphatic rings. The number of imide groups is 1. The van der Waals surface area contributed by atoms with Crippen LogP contribution >= 0.6 is 0 Å². The number of hydrogen-bond donors (Lipinski definition) is 0. The van der Waals surface area contributed by atoms with Gasteiger partial charge in [-0.05, 0) is 19.1 Å². The van der Waals surface area contributed by atoms with Gasteiger partial charge in [0.05, 0.1) is 17.7 Å². The van der Waals surface area contributed by atoms with Crippen LogP contribution in [-0.2, 0) is 14.4 Å². The highest BCUT2D eigenvalue weighted by atomic mass is 19.3. The smallest absolute Gasteiger partial charge is 0.460 e. The normalized spacial score (nSPS) is 14.4. The number of alkyl halides is 2. The maximum atomic E-state index is 13.4. The van der Waals surface area contributed by atoms with Crippen LogP contribution in [-0.4, -0.2) is 35.6 Å². The van der Waals surface area contributed by atoms with Crippen LogP contribution < -0.4 is 0 Å². The summed E-state index contributed by atoms with van der Waals surface area (Å²) in [6, 6.07) is 5.52. The van der Waals surface area contributed by atoms with Gasteiger partial charge < -0.3 is 4.74 Å². The van der Waals surface area contributed by atoms with Crippen LogP contribution in [0, 0.1) is 0 Å². The average molecular weight is 285 g/mol. The number of hydrogen-bond acceptors (Lipinski definition) is 5. The lowest BCUT2D eigenvalue weighted by Crippen LogP contribution is -2.43. The van der Waals surface area contributed by atoms with Crippen molar-refractivity contribution in [2.45, 2.75) is 13.0 Å². The van der Waals surface area contributed by atoms with Crippen LogP contribution in [0.5, 0.6) is 0 Å². The third kappa shape index (κ3) is 2.25. The van der Waals surface area contributed by atoms with Crippen molar-refractivity contribution in [2.75, 3.05) is 6.61 Å². The van der Waals surface area contributed by atoms with Crippen molar-refractivity contribution < 1.29 is 32.7 Å². The van der Waals surface area contributed by atoms with Crippen molar-refractivity contribution in [3.05, 3.63) is 35.4 Å². The predicted molar refractivity (Wildman–Crippen MR) is 59.6 cm³/mol. The minimum atomic E-state index is -4.43. The van der Waals surface area contributed by atoms with E-state index in [4.69, 9.17) is 0 Å². The molecule has 0 N–H and O–H groups in total. The number of halogens is 2. The van der Waals surface area contributed by atoms with Crippen molar-refractivity contribution in [1.82, 2.24) is 5.06 Å². The number of carbonyl (C=O) groups is 3. The van der Waals surface area contributed by atoms with E-state index < -0.39 is 23.9 Å². The Kier molecular flexibility index (Phi) is 3.49. The summed E-state index contributed by atoms with van der Waals surface area (Å²) in [5, 5.41) is -0.137. The Morgan fingerprint density at radius 2 is 1.70 bits per heavy atom. The summed E-state index contributed by atoms with van der Waals surface area (Å²) in [5.41, 5.74) is -0.144. The van der Waals surface area contributed by atoms with Crippen molar-refractivity contribution in [3.63, 3.8) is 0 Å². The molecule has 2 amide bonds. The highest BCUT2D eigenvalue weighted by Gasteiger charge is 2.50. The Labute approximate surface area is 111 Å². The first-order valence-electron chi connectivity index (χ1n) is 5.60. The number of amides is 2. The summed E-state index contributed by atoms with van der Waals surface area (Å²) >= 11 is 0. The molecule has 1 heterocycles. The molecule has 0 aliphatic carbocycles. The number of hydroxylamine groups is 2. The molecule has 0 radical (unpaired) electrons. The van der Waals surface area contributed by atoms with E-state index in [-0.39, 0.29) is 22.8 Å². The van der Waals surface area contributed by atoms with Gasteiger partial charge in [0.2, 0.25) is 0 Å². The molecule has 0 unspecified atom stereocenters. The van der Waals surface area contributed by atoms with Crippen LogP contribution in [0.4, 0.5) is 8.78 Å². The molecule has 106 valence electrons. The fourth-order valence-electron chi connectivity index (χ4n) is 1.62. The number of rotatable bonds is 4. The lowest BCUT2D eigenvalue weighted by atomic mass is 10.1. The van der Waals surface area contributed by atoms with Crippen LogP contribution in [0.1, 0.15) is 27.6 Å². The quantitative estimate of drug-likeness (QED) is 0.617. The molecule has 0 saturated carbocycles. The minimum Gasteiger partial charge on any atom is -0.460 e. The van der Waals surface area contributed by atoms with Gasteiger partial charge in [-0.1, -0.05) is 12.1 Å². The molecule has 6 nitrogen and oxygen atoms in total. The number of ether oxygens (including phenoxy) is 1. The summed E-state index contributed by atoms with van der Waals surface area (Å²) in [6.45, 7) is 1.04. The summed E-state index contributed by atoms with van der Waals surface area (Å²) in [4.78, 5) is 38.5. The fourth-order valence-corrected chi connectivity index (χ4v) is 1.62. The standard InChI is InChI=1S/C12H9F2NO5/c1-2-19-11(18)12(13,14)20-15-9(16)7-5-3-4-6-8(7)10(15)17/h3-6H,2H2,1H3. The zero-order valence-corrected chi connectivity index (χ0v) is 10.3. The predicted octanol–water partition coefficient (Wildman–Crippen LogP) is 1.37. The van der Waals surface area contributed by atoms with Gasteiger partial charge in [0.15, 0.2) is 0 Å². The fraction of sp³-hybridized carbons (Fsp3) is 0.250. The molecule has 20 heavy (non-hydrogen) atoms. The maximum absolute atomic E-state index is 13.4. The minimum absolute atomic E-state index is 0.0721. The Bertz CT molecular complexity index is 552. The zero-order chi connectivity index (χ0) is 14.9. The number of fused-ring (bicyclic) bond motifs is 1. The van der Waals surface area contributed by atoms with Crippen LogP contribution in [0.2, 0.25) is 0 Å². The van der Waals surface area contributed by atoms with Gasteiger partial charge in [-0.3, -0.25) is 9.59 Å². The van der Waals surface area contributed by atoms with Crippen LogP contribution in [0.25, 0.3) is 0 Å². The second-order valence-electron chi connectivity index (χ2n) is 3.78. The summed E-state index contributed by atoms with van der Waals surface area (Å²) < 4.78 is 30.9. The van der Waals surface area contributed by atoms with Gasteiger partial charge in [-0.2, -0.15) is 13.6 Å². The number of carbonyl (C=O) groups excluding carboxylic acids is 3. The largest absolute Gasteiger partial charge is 0.477 e. The Balaban J connectivity index is 2.23. The van der Waals surface area contributed by atoms with Gasteiger partial charge >= 0.3 is 12.1 Å². The van der Waals surface area contributed by atoms with Crippen molar-refractivity contribution in [2.24, 2.45) is 0 Å². The SMILES string of the molecule is CCOC(=O)C(F)(F)ON1C(=O)c2ccccc2C1=O. The van der Waals surface area contributed by atoms with E-state index in [1.165, 1.54) is 31.2 Å². The maximum Gasteiger partial charge on any atom is 0.477 e. The van der Waals surface area contributed by atoms with E-state index in [2.05, 4.69) is 9.57 Å². The molecule has 1 aromatic carbocycles. The lowest BCUT2D eigenvalue weighted by Gasteiger charge is -2.19. The Morgan fingerprint density at radius 3 is 2.15 bits per heavy atom. The average Bonchev–Trinajstić information content (AvgIpc) is 2.65. The first-order chi connectivity index (χ1) is 9.38. The Hall–Kier alpha value is -2.35. The van der Waals surface area contributed by atoms with E-state index in [1.54, 1.807) is 0 Å². The second kappa shape index (κ2) is 4.97. The molecule has 8 heteroatoms. The molecule has 1 aromatic rings. The van der Waals surface area contributed by atoms with Crippen molar-refractivity contribution in [3.8, 4) is 0 Å². The number of benzene rings is 1. The molecular formula is C12H9F2NO5. The van der Waals surface area contributed by atoms with E-state index in [9.17, 15) is 23.2 Å². The second-order valence-corrected chi connectivity index (χ2v) is 3.78. The molecule has 0 bridgehead atoms. The lowest BCUT2D eigenvalue weighted by molar-refractivity contribution is -0.308. The molecule has 0 atom stereocenters.